The molecule has 0 saturated carbocycles. The molecule has 0 amide bonds. The van der Waals surface area contributed by atoms with Crippen molar-refractivity contribution < 1.29 is 0 Å². The van der Waals surface area contributed by atoms with Gasteiger partial charge in [-0.25, -0.2) is 4.98 Å². The predicted molar refractivity (Wildman–Crippen MR) is 85.1 cm³/mol. The van der Waals surface area contributed by atoms with E-state index in [0.717, 1.165) is 28.9 Å². The first-order valence-corrected chi connectivity index (χ1v) is 8.02. The van der Waals surface area contributed by atoms with Crippen molar-refractivity contribution in [3.8, 4) is 0 Å². The fourth-order valence-electron chi connectivity index (χ4n) is 1.65. The zero-order valence-electron chi connectivity index (χ0n) is 11.1. The SMILES string of the molecule is CCCNCc1ccc(Sc2nccc(=O)[nH]2)cc1Br. The Balaban J connectivity index is 2.07. The molecular weight excluding hydrogens is 338 g/mol. The van der Waals surface area contributed by atoms with Gasteiger partial charge < -0.3 is 10.3 Å². The molecule has 4 nitrogen and oxygen atoms in total. The second-order valence-electron chi connectivity index (χ2n) is 4.27. The van der Waals surface area contributed by atoms with Crippen molar-refractivity contribution in [2.75, 3.05) is 6.54 Å². The highest BCUT2D eigenvalue weighted by molar-refractivity contribution is 9.10. The average molecular weight is 354 g/mol. The first kappa shape index (κ1) is 15.3. The monoisotopic (exact) mass is 353 g/mol. The van der Waals surface area contributed by atoms with Crippen molar-refractivity contribution in [1.29, 1.82) is 0 Å². The van der Waals surface area contributed by atoms with Crippen LogP contribution < -0.4 is 10.9 Å². The molecule has 0 aliphatic carbocycles. The molecule has 20 heavy (non-hydrogen) atoms. The molecule has 0 saturated heterocycles. The maximum Gasteiger partial charge on any atom is 0.251 e. The molecule has 1 aromatic carbocycles. The fourth-order valence-corrected chi connectivity index (χ4v) is 3.12. The summed E-state index contributed by atoms with van der Waals surface area (Å²) in [7, 11) is 0. The van der Waals surface area contributed by atoms with Gasteiger partial charge >= 0.3 is 0 Å². The van der Waals surface area contributed by atoms with E-state index in [1.807, 2.05) is 12.1 Å². The summed E-state index contributed by atoms with van der Waals surface area (Å²) in [5.74, 6) is 0. The van der Waals surface area contributed by atoms with Crippen LogP contribution in [0.3, 0.4) is 0 Å². The lowest BCUT2D eigenvalue weighted by Gasteiger charge is -2.08. The Morgan fingerprint density at radius 2 is 2.25 bits per heavy atom. The van der Waals surface area contributed by atoms with Gasteiger partial charge in [0.15, 0.2) is 5.16 Å². The molecule has 0 aliphatic heterocycles. The number of hydrogen-bond acceptors (Lipinski definition) is 4. The molecule has 0 aliphatic rings. The van der Waals surface area contributed by atoms with Crippen molar-refractivity contribution in [2.24, 2.45) is 0 Å². The van der Waals surface area contributed by atoms with E-state index >= 15 is 0 Å². The highest BCUT2D eigenvalue weighted by Gasteiger charge is 2.04. The number of rotatable bonds is 6. The van der Waals surface area contributed by atoms with Gasteiger partial charge in [0.2, 0.25) is 0 Å². The van der Waals surface area contributed by atoms with Crippen LogP contribution in [0.2, 0.25) is 0 Å². The van der Waals surface area contributed by atoms with E-state index in [0.29, 0.717) is 5.16 Å². The van der Waals surface area contributed by atoms with Crippen molar-refractivity contribution in [1.82, 2.24) is 15.3 Å². The highest BCUT2D eigenvalue weighted by Crippen LogP contribution is 2.28. The van der Waals surface area contributed by atoms with E-state index in [1.54, 1.807) is 0 Å². The number of aromatic nitrogens is 2. The molecule has 0 spiro atoms. The van der Waals surface area contributed by atoms with Gasteiger partial charge in [-0.2, -0.15) is 0 Å². The smallest absolute Gasteiger partial charge is 0.251 e. The molecule has 1 heterocycles. The number of benzene rings is 1. The van der Waals surface area contributed by atoms with Crippen LogP contribution in [0.1, 0.15) is 18.9 Å². The second kappa shape index (κ2) is 7.61. The Kier molecular flexibility index (Phi) is 5.82. The second-order valence-corrected chi connectivity index (χ2v) is 6.19. The maximum absolute atomic E-state index is 11.2. The third-order valence-corrected chi connectivity index (χ3v) is 4.26. The largest absolute Gasteiger partial charge is 0.313 e. The lowest BCUT2D eigenvalue weighted by atomic mass is 10.2. The predicted octanol–water partition coefficient (Wildman–Crippen LogP) is 3.18. The van der Waals surface area contributed by atoms with Crippen LogP contribution in [0.25, 0.3) is 0 Å². The van der Waals surface area contributed by atoms with E-state index in [2.05, 4.69) is 44.2 Å². The molecule has 2 aromatic rings. The Labute approximate surface area is 130 Å². The third-order valence-electron chi connectivity index (χ3n) is 2.63. The summed E-state index contributed by atoms with van der Waals surface area (Å²) >= 11 is 5.02. The van der Waals surface area contributed by atoms with Crippen molar-refractivity contribution in [3.63, 3.8) is 0 Å². The third kappa shape index (κ3) is 4.47. The van der Waals surface area contributed by atoms with Gasteiger partial charge in [-0.1, -0.05) is 40.7 Å². The van der Waals surface area contributed by atoms with Crippen LogP contribution in [0.5, 0.6) is 0 Å². The van der Waals surface area contributed by atoms with E-state index in [1.165, 1.54) is 29.6 Å². The summed E-state index contributed by atoms with van der Waals surface area (Å²) in [6.07, 6.45) is 2.64. The van der Waals surface area contributed by atoms with Gasteiger partial charge in [-0.15, -0.1) is 0 Å². The lowest BCUT2D eigenvalue weighted by molar-refractivity contribution is 0.673. The zero-order chi connectivity index (χ0) is 14.4. The number of nitrogens with one attached hydrogen (secondary N) is 2. The first-order valence-electron chi connectivity index (χ1n) is 6.41. The van der Waals surface area contributed by atoms with Gasteiger partial charge in [0.05, 0.1) is 0 Å². The van der Waals surface area contributed by atoms with Crippen molar-refractivity contribution in [3.05, 3.63) is 50.9 Å². The summed E-state index contributed by atoms with van der Waals surface area (Å²) in [4.78, 5) is 19.1. The topological polar surface area (TPSA) is 57.8 Å². The standard InChI is InChI=1S/C14H16BrN3OS/c1-2-6-16-9-10-3-4-11(8-12(10)15)20-14-17-7-5-13(19)18-14/h3-5,7-8,16H,2,6,9H2,1H3,(H,17,18,19). The van der Waals surface area contributed by atoms with Crippen LogP contribution in [0, 0.1) is 0 Å². The summed E-state index contributed by atoms with van der Waals surface area (Å²) in [5, 5.41) is 3.97. The maximum atomic E-state index is 11.2. The van der Waals surface area contributed by atoms with Crippen LogP contribution in [0.15, 0.2) is 49.8 Å². The fraction of sp³-hybridized carbons (Fsp3) is 0.286. The molecule has 2 N–H and O–H groups in total. The van der Waals surface area contributed by atoms with E-state index in [-0.39, 0.29) is 5.56 Å². The van der Waals surface area contributed by atoms with E-state index in [9.17, 15) is 4.79 Å². The zero-order valence-corrected chi connectivity index (χ0v) is 13.6. The summed E-state index contributed by atoms with van der Waals surface area (Å²) in [6.45, 7) is 4.01. The molecule has 0 unspecified atom stereocenters. The molecule has 106 valence electrons. The van der Waals surface area contributed by atoms with Gasteiger partial charge in [-0.3, -0.25) is 4.79 Å². The Morgan fingerprint density at radius 3 is 2.95 bits per heavy atom. The molecule has 0 radical (unpaired) electrons. The van der Waals surface area contributed by atoms with Crippen LogP contribution in [-0.2, 0) is 6.54 Å². The molecule has 6 heteroatoms. The highest BCUT2D eigenvalue weighted by atomic mass is 79.9. The average Bonchev–Trinajstić information content (AvgIpc) is 2.41. The molecule has 0 atom stereocenters. The van der Waals surface area contributed by atoms with E-state index < -0.39 is 0 Å². The van der Waals surface area contributed by atoms with E-state index in [4.69, 9.17) is 0 Å². The molecule has 0 fully saturated rings. The minimum Gasteiger partial charge on any atom is -0.313 e. The number of hydrogen-bond donors (Lipinski definition) is 2. The van der Waals surface area contributed by atoms with Gasteiger partial charge in [-0.05, 0) is 30.7 Å². The summed E-state index contributed by atoms with van der Waals surface area (Å²) < 4.78 is 1.06. The van der Waals surface area contributed by atoms with Gasteiger partial charge in [0, 0.05) is 28.2 Å². The first-order chi connectivity index (χ1) is 9.69. The van der Waals surface area contributed by atoms with Crippen LogP contribution in [-0.4, -0.2) is 16.5 Å². The Hall–Kier alpha value is -1.11. The normalized spacial score (nSPS) is 10.7. The summed E-state index contributed by atoms with van der Waals surface area (Å²) in [6, 6.07) is 7.56. The van der Waals surface area contributed by atoms with Gasteiger partial charge in [0.1, 0.15) is 0 Å². The Morgan fingerprint density at radius 1 is 1.40 bits per heavy atom. The molecule has 1 aromatic heterocycles. The minimum atomic E-state index is -0.137. The lowest BCUT2D eigenvalue weighted by Crippen LogP contribution is -2.14. The Bertz CT molecular complexity index is 630. The summed E-state index contributed by atoms with van der Waals surface area (Å²) in [5.41, 5.74) is 1.08. The van der Waals surface area contributed by atoms with Crippen LogP contribution >= 0.6 is 27.7 Å². The van der Waals surface area contributed by atoms with Crippen molar-refractivity contribution >= 4 is 27.7 Å². The number of aromatic amines is 1. The number of H-pyrrole nitrogens is 1. The molecule has 2 rings (SSSR count). The molecular formula is C14H16BrN3OS. The minimum absolute atomic E-state index is 0.137. The van der Waals surface area contributed by atoms with Gasteiger partial charge in [0.25, 0.3) is 5.56 Å². The number of halogens is 1. The molecule has 0 bridgehead atoms. The van der Waals surface area contributed by atoms with Crippen molar-refractivity contribution in [2.45, 2.75) is 29.9 Å². The quantitative estimate of drug-likeness (QED) is 0.618. The number of nitrogens with zero attached hydrogens (tertiary/aromatic N) is 1. The van der Waals surface area contributed by atoms with Crippen LogP contribution in [0.4, 0.5) is 0 Å².